The summed E-state index contributed by atoms with van der Waals surface area (Å²) in [7, 11) is 0. The Bertz CT molecular complexity index is 2550. The highest BCUT2D eigenvalue weighted by atomic mass is 16.2. The largest absolute Gasteiger partial charge is 0.366 e. The Labute approximate surface area is 316 Å². The normalized spacial score (nSPS) is 15.9. The highest BCUT2D eigenvalue weighted by Crippen LogP contribution is 2.31. The number of aryl methyl sites for hydroxylation is 4. The van der Waals surface area contributed by atoms with Crippen LogP contribution in [0.15, 0.2) is 54.6 Å². The molecule has 0 atom stereocenters. The first-order chi connectivity index (χ1) is 26.2. The van der Waals surface area contributed by atoms with Crippen LogP contribution in [0.1, 0.15) is 92.3 Å². The number of imidazole rings is 2. The van der Waals surface area contributed by atoms with E-state index in [1.54, 1.807) is 51.8 Å². The van der Waals surface area contributed by atoms with Crippen molar-refractivity contribution in [2.75, 3.05) is 10.6 Å². The molecule has 0 unspecified atom stereocenters. The molecule has 16 heteroatoms. The molecular weight excluding hydrogens is 701 g/mol. The number of carbonyl (C=O) groups is 4. The summed E-state index contributed by atoms with van der Waals surface area (Å²) in [6.07, 6.45) is 5.85. The molecule has 0 saturated heterocycles. The zero-order valence-electron chi connectivity index (χ0n) is 31.5. The minimum atomic E-state index is -0.590. The number of rotatable bonds is 3. The van der Waals surface area contributed by atoms with Crippen molar-refractivity contribution < 1.29 is 19.2 Å². The number of nitrogens with one attached hydrogen (secondary N) is 2. The van der Waals surface area contributed by atoms with Crippen molar-refractivity contribution in [1.82, 2.24) is 38.7 Å². The maximum Gasteiger partial charge on any atom is 0.276 e. The van der Waals surface area contributed by atoms with E-state index in [-0.39, 0.29) is 42.2 Å². The van der Waals surface area contributed by atoms with Gasteiger partial charge >= 0.3 is 0 Å². The number of fused-ring (bicyclic) bond motifs is 8. The fourth-order valence-electron chi connectivity index (χ4n) is 7.11. The molecule has 0 fully saturated rings. The molecule has 0 bridgehead atoms. The molecule has 4 amide bonds. The summed E-state index contributed by atoms with van der Waals surface area (Å²) in [4.78, 5) is 61.7. The molecule has 55 heavy (non-hydrogen) atoms. The highest BCUT2D eigenvalue weighted by Gasteiger charge is 2.27. The summed E-state index contributed by atoms with van der Waals surface area (Å²) in [6.45, 7) is 11.6. The predicted octanol–water partition coefficient (Wildman–Crippen LogP) is 4.74. The Hall–Kier alpha value is -6.58. The number of nitrogens with two attached hydrogens (primary N) is 2. The number of aromatic nitrogens is 8. The van der Waals surface area contributed by atoms with E-state index in [2.05, 4.69) is 29.6 Å². The van der Waals surface area contributed by atoms with E-state index in [9.17, 15) is 19.2 Å². The third kappa shape index (κ3) is 7.22. The number of primary amides is 2. The number of anilines is 2. The molecule has 16 nitrogen and oxygen atoms in total. The molecule has 284 valence electrons. The summed E-state index contributed by atoms with van der Waals surface area (Å²) in [5.74, 6) is -1.33. The number of amides is 4. The van der Waals surface area contributed by atoms with Crippen LogP contribution in [0, 0.1) is 19.3 Å². The molecule has 0 spiro atoms. The number of hydrogen-bond acceptors (Lipinski definition) is 8. The fourth-order valence-corrected chi connectivity index (χ4v) is 7.11. The van der Waals surface area contributed by atoms with Gasteiger partial charge in [-0.2, -0.15) is 10.2 Å². The highest BCUT2D eigenvalue weighted by molar-refractivity contribution is 6.05. The summed E-state index contributed by atoms with van der Waals surface area (Å²) >= 11 is 0. The van der Waals surface area contributed by atoms with E-state index in [1.807, 2.05) is 42.1 Å². The maximum absolute atomic E-state index is 14.3. The smallest absolute Gasteiger partial charge is 0.276 e. The molecule has 7 rings (SSSR count). The summed E-state index contributed by atoms with van der Waals surface area (Å²) in [6, 6.07) is 11.7. The van der Waals surface area contributed by atoms with Gasteiger partial charge in [0.25, 0.3) is 11.8 Å². The van der Waals surface area contributed by atoms with Crippen LogP contribution in [0.3, 0.4) is 0 Å². The molecule has 6 aromatic rings. The van der Waals surface area contributed by atoms with Crippen molar-refractivity contribution in [3.05, 3.63) is 94.1 Å². The third-order valence-corrected chi connectivity index (χ3v) is 10.2. The van der Waals surface area contributed by atoms with Crippen LogP contribution in [0.5, 0.6) is 0 Å². The number of carbonyl (C=O) groups excluding carboxylic acids is 4. The lowest BCUT2D eigenvalue weighted by molar-refractivity contribution is 0.0992. The first kappa shape index (κ1) is 36.8. The third-order valence-electron chi connectivity index (χ3n) is 10.2. The van der Waals surface area contributed by atoms with Gasteiger partial charge in [-0.3, -0.25) is 39.2 Å². The standard InChI is InChI=1S/C39H44N12O4/c1-6-50-32-26(23(3)47-50)13-14-39(4,5)15-18-51-31(19-22(2)46-51)35(54)44-37-42-27-20-24(33(40)52)9-11-29(27)48(37)16-7-8-17-49-30-12-10-25(34(41)53)21-28(30)43-38(49)45-36(32)55/h7-12,19-21H,6,13-18H2,1-5H3,(H2,40,52)(H2,41,53)(H,42,44,54)(H,43,45,55)/b8-7+. The van der Waals surface area contributed by atoms with Gasteiger partial charge in [0.2, 0.25) is 23.7 Å². The van der Waals surface area contributed by atoms with Gasteiger partial charge < -0.3 is 20.6 Å². The summed E-state index contributed by atoms with van der Waals surface area (Å²) in [5.41, 5.74) is 17.1. The Kier molecular flexibility index (Phi) is 9.58. The van der Waals surface area contributed by atoms with Gasteiger partial charge in [0, 0.05) is 42.9 Å². The molecule has 1 aliphatic rings. The monoisotopic (exact) mass is 744 g/mol. The average molecular weight is 745 g/mol. The molecule has 4 aromatic heterocycles. The molecule has 0 aliphatic carbocycles. The van der Waals surface area contributed by atoms with Crippen LogP contribution < -0.4 is 22.1 Å². The van der Waals surface area contributed by atoms with Crippen LogP contribution in [-0.2, 0) is 32.6 Å². The van der Waals surface area contributed by atoms with Gasteiger partial charge in [-0.15, -0.1) is 0 Å². The Morgan fingerprint density at radius 3 is 1.91 bits per heavy atom. The second-order valence-corrected chi connectivity index (χ2v) is 14.6. The molecule has 2 aromatic carbocycles. The van der Waals surface area contributed by atoms with Gasteiger partial charge in [0.1, 0.15) is 11.4 Å². The minimum Gasteiger partial charge on any atom is -0.366 e. The lowest BCUT2D eigenvalue weighted by atomic mass is 9.82. The number of nitrogens with zero attached hydrogens (tertiary/aromatic N) is 8. The Morgan fingerprint density at radius 1 is 0.800 bits per heavy atom. The predicted molar refractivity (Wildman–Crippen MR) is 208 cm³/mol. The first-order valence-electron chi connectivity index (χ1n) is 18.2. The number of allylic oxidation sites excluding steroid dienone is 2. The van der Waals surface area contributed by atoms with E-state index < -0.39 is 11.8 Å². The van der Waals surface area contributed by atoms with E-state index in [0.29, 0.717) is 76.2 Å². The second-order valence-electron chi connectivity index (χ2n) is 14.6. The van der Waals surface area contributed by atoms with Crippen LogP contribution in [-0.4, -0.2) is 62.3 Å². The van der Waals surface area contributed by atoms with Gasteiger partial charge in [0.15, 0.2) is 0 Å². The molecule has 0 radical (unpaired) electrons. The first-order valence-corrected chi connectivity index (χ1v) is 18.2. The quantitative estimate of drug-likeness (QED) is 0.185. The number of hydrogen-bond donors (Lipinski definition) is 4. The van der Waals surface area contributed by atoms with E-state index in [4.69, 9.17) is 26.5 Å². The Morgan fingerprint density at radius 2 is 1.36 bits per heavy atom. The van der Waals surface area contributed by atoms with Gasteiger partial charge in [-0.05, 0) is 87.9 Å². The number of benzene rings is 2. The summed E-state index contributed by atoms with van der Waals surface area (Å²) in [5, 5.41) is 15.4. The van der Waals surface area contributed by atoms with Gasteiger partial charge in [0.05, 0.1) is 33.5 Å². The van der Waals surface area contributed by atoms with Crippen LogP contribution >= 0.6 is 0 Å². The van der Waals surface area contributed by atoms with Crippen LogP contribution in [0.4, 0.5) is 11.9 Å². The van der Waals surface area contributed by atoms with Crippen molar-refractivity contribution in [3.63, 3.8) is 0 Å². The lowest BCUT2D eigenvalue weighted by Crippen LogP contribution is -2.23. The summed E-state index contributed by atoms with van der Waals surface area (Å²) < 4.78 is 7.12. The topological polar surface area (TPSA) is 216 Å². The molecule has 0 saturated carbocycles. The Balaban J connectivity index is 1.34. The molecule has 6 N–H and O–H groups in total. The SMILES string of the molecule is CCn1nc(C)c2c1C(=O)Nc1nc3cc(C(N)=O)ccc3n1C/C=C/Cn1c(nc3cc(C(N)=O)ccc31)NC(=O)c1cc(C)nn1CCC(C)(C)CC2. The minimum absolute atomic E-state index is 0.204. The molecular formula is C39H44N12O4. The van der Waals surface area contributed by atoms with Gasteiger partial charge in [-0.1, -0.05) is 26.0 Å². The molecule has 5 heterocycles. The fraction of sp³-hybridized carbons (Fsp3) is 0.333. The van der Waals surface area contributed by atoms with Crippen molar-refractivity contribution in [1.29, 1.82) is 0 Å². The van der Waals surface area contributed by atoms with Crippen LogP contribution in [0.25, 0.3) is 22.1 Å². The maximum atomic E-state index is 14.3. The van der Waals surface area contributed by atoms with Crippen molar-refractivity contribution in [3.8, 4) is 0 Å². The average Bonchev–Trinajstić information content (AvgIpc) is 3.88. The van der Waals surface area contributed by atoms with E-state index in [0.717, 1.165) is 17.7 Å². The molecule has 1 aliphatic heterocycles. The second kappa shape index (κ2) is 14.3. The van der Waals surface area contributed by atoms with E-state index in [1.165, 1.54) is 0 Å². The zero-order valence-corrected chi connectivity index (χ0v) is 31.5. The van der Waals surface area contributed by atoms with Crippen molar-refractivity contribution >= 4 is 57.6 Å². The zero-order chi connectivity index (χ0) is 39.2. The van der Waals surface area contributed by atoms with Crippen LogP contribution in [0.2, 0.25) is 0 Å². The lowest BCUT2D eigenvalue weighted by Gasteiger charge is -2.25. The van der Waals surface area contributed by atoms with Crippen molar-refractivity contribution in [2.45, 2.75) is 80.1 Å². The van der Waals surface area contributed by atoms with E-state index >= 15 is 0 Å². The van der Waals surface area contributed by atoms with Crippen molar-refractivity contribution in [2.24, 2.45) is 16.9 Å². The van der Waals surface area contributed by atoms with Gasteiger partial charge in [-0.25, -0.2) is 9.97 Å².